The van der Waals surface area contributed by atoms with Gasteiger partial charge in [0.05, 0.1) is 11.4 Å². The molecule has 1 rings (SSSR count). The van der Waals surface area contributed by atoms with Crippen LogP contribution < -0.4 is 10.6 Å². The maximum atomic E-state index is 12.2. The third-order valence-corrected chi connectivity index (χ3v) is 4.51. The minimum absolute atomic E-state index is 0.0246. The number of amides is 2. The van der Waals surface area contributed by atoms with Gasteiger partial charge in [-0.2, -0.15) is 4.31 Å². The van der Waals surface area contributed by atoms with E-state index in [-0.39, 0.29) is 17.3 Å². The molecule has 110 valence electrons. The fourth-order valence-corrected chi connectivity index (χ4v) is 2.60. The predicted octanol–water partition coefficient (Wildman–Crippen LogP) is -0.587. The second-order valence-electron chi connectivity index (χ2n) is 4.04. The molecule has 0 aliphatic carbocycles. The van der Waals surface area contributed by atoms with Crippen molar-refractivity contribution in [3.05, 3.63) is 29.8 Å². The molecular weight excluding hydrogens is 282 g/mol. The van der Waals surface area contributed by atoms with E-state index in [0.717, 1.165) is 4.31 Å². The van der Waals surface area contributed by atoms with Crippen LogP contribution in [0.5, 0.6) is 0 Å². The predicted molar refractivity (Wildman–Crippen MR) is 73.7 cm³/mol. The monoisotopic (exact) mass is 299 g/mol. The average Bonchev–Trinajstić information content (AvgIpc) is 2.46. The molecule has 0 aliphatic rings. The molecule has 8 heteroatoms. The van der Waals surface area contributed by atoms with Crippen LogP contribution in [0, 0.1) is 0 Å². The Morgan fingerprint density at radius 2 is 1.65 bits per heavy atom. The summed E-state index contributed by atoms with van der Waals surface area (Å²) in [6, 6.07) is 5.50. The number of nitrogens with zero attached hydrogens (tertiary/aromatic N) is 1. The molecule has 0 atom stereocenters. The van der Waals surface area contributed by atoms with Gasteiger partial charge < -0.3 is 10.6 Å². The highest BCUT2D eigenvalue weighted by atomic mass is 32.2. The fourth-order valence-electron chi connectivity index (χ4n) is 1.47. The Balaban J connectivity index is 2.98. The number of sulfonamides is 1. The van der Waals surface area contributed by atoms with Crippen LogP contribution in [0.2, 0.25) is 0 Å². The van der Waals surface area contributed by atoms with Crippen LogP contribution in [0.15, 0.2) is 29.2 Å². The molecule has 0 spiro atoms. The molecule has 0 aromatic heterocycles. The summed E-state index contributed by atoms with van der Waals surface area (Å²) in [5.74, 6) is -0.703. The Morgan fingerprint density at radius 1 is 1.10 bits per heavy atom. The van der Waals surface area contributed by atoms with Gasteiger partial charge in [-0.3, -0.25) is 9.59 Å². The third kappa shape index (κ3) is 3.55. The second kappa shape index (κ2) is 6.49. The number of likely N-dealkylation sites (N-methyl/N-ethyl adjacent to an activating group) is 2. The Hall–Kier alpha value is -1.93. The summed E-state index contributed by atoms with van der Waals surface area (Å²) in [6.45, 7) is -0.268. The van der Waals surface area contributed by atoms with E-state index < -0.39 is 15.9 Å². The molecule has 0 fully saturated rings. The lowest BCUT2D eigenvalue weighted by molar-refractivity contribution is -0.120. The van der Waals surface area contributed by atoms with Gasteiger partial charge in [0.25, 0.3) is 5.91 Å². The van der Waals surface area contributed by atoms with E-state index in [2.05, 4.69) is 10.6 Å². The highest BCUT2D eigenvalue weighted by Crippen LogP contribution is 2.15. The van der Waals surface area contributed by atoms with Crippen LogP contribution >= 0.6 is 0 Å². The van der Waals surface area contributed by atoms with Crippen molar-refractivity contribution >= 4 is 21.8 Å². The minimum Gasteiger partial charge on any atom is -0.358 e. The standard InChI is InChI=1S/C12H17N3O4S/c1-13-11(16)8-15(3)20(18,19)10-6-4-9(5-7-10)12(17)14-2/h4-7H,8H2,1-3H3,(H,13,16)(H,14,17). The zero-order chi connectivity index (χ0) is 15.3. The summed E-state index contributed by atoms with van der Waals surface area (Å²) in [6.07, 6.45) is 0. The van der Waals surface area contributed by atoms with Gasteiger partial charge in [-0.25, -0.2) is 8.42 Å². The molecule has 0 aliphatic heterocycles. The Bertz CT molecular complexity index is 596. The van der Waals surface area contributed by atoms with Crippen molar-refractivity contribution < 1.29 is 18.0 Å². The van der Waals surface area contributed by atoms with Crippen molar-refractivity contribution in [3.63, 3.8) is 0 Å². The number of nitrogens with one attached hydrogen (secondary N) is 2. The second-order valence-corrected chi connectivity index (χ2v) is 6.08. The zero-order valence-corrected chi connectivity index (χ0v) is 12.3. The van der Waals surface area contributed by atoms with E-state index >= 15 is 0 Å². The van der Waals surface area contributed by atoms with E-state index in [4.69, 9.17) is 0 Å². The topological polar surface area (TPSA) is 95.6 Å². The van der Waals surface area contributed by atoms with Gasteiger partial charge in [0.1, 0.15) is 0 Å². The molecule has 2 amide bonds. The van der Waals surface area contributed by atoms with Crippen molar-refractivity contribution in [2.45, 2.75) is 4.90 Å². The van der Waals surface area contributed by atoms with E-state index in [9.17, 15) is 18.0 Å². The van der Waals surface area contributed by atoms with Gasteiger partial charge in [0.2, 0.25) is 15.9 Å². The lowest BCUT2D eigenvalue weighted by Gasteiger charge is -2.16. The van der Waals surface area contributed by atoms with Crippen LogP contribution in [0.4, 0.5) is 0 Å². The molecule has 0 radical (unpaired) electrons. The molecule has 0 saturated carbocycles. The summed E-state index contributed by atoms with van der Waals surface area (Å²) < 4.78 is 25.3. The summed E-state index contributed by atoms with van der Waals surface area (Å²) in [7, 11) is 0.486. The van der Waals surface area contributed by atoms with Gasteiger partial charge in [-0.1, -0.05) is 0 Å². The molecule has 1 aromatic rings. The SMILES string of the molecule is CNC(=O)CN(C)S(=O)(=O)c1ccc(C(=O)NC)cc1. The fraction of sp³-hybridized carbons (Fsp3) is 0.333. The molecule has 1 aromatic carbocycles. The molecular formula is C12H17N3O4S. The first-order valence-electron chi connectivity index (χ1n) is 5.82. The molecule has 0 saturated heterocycles. The highest BCUT2D eigenvalue weighted by Gasteiger charge is 2.22. The lowest BCUT2D eigenvalue weighted by atomic mass is 10.2. The van der Waals surface area contributed by atoms with Gasteiger partial charge in [-0.05, 0) is 24.3 Å². The third-order valence-electron chi connectivity index (χ3n) is 2.70. The van der Waals surface area contributed by atoms with E-state index in [0.29, 0.717) is 5.56 Å². The summed E-state index contributed by atoms with van der Waals surface area (Å²) >= 11 is 0. The van der Waals surface area contributed by atoms with Crippen molar-refractivity contribution in [2.24, 2.45) is 0 Å². The largest absolute Gasteiger partial charge is 0.358 e. The number of hydrogen-bond acceptors (Lipinski definition) is 4. The van der Waals surface area contributed by atoms with Crippen molar-refractivity contribution in [1.29, 1.82) is 0 Å². The Kier molecular flexibility index (Phi) is 5.23. The normalized spacial score (nSPS) is 11.2. The van der Waals surface area contributed by atoms with E-state index in [1.54, 1.807) is 0 Å². The number of carbonyl (C=O) groups is 2. The summed E-state index contributed by atoms with van der Waals surface area (Å²) in [4.78, 5) is 22.6. The molecule has 7 nitrogen and oxygen atoms in total. The first-order chi connectivity index (χ1) is 9.32. The zero-order valence-electron chi connectivity index (χ0n) is 11.5. The average molecular weight is 299 g/mol. The maximum Gasteiger partial charge on any atom is 0.251 e. The van der Waals surface area contributed by atoms with Crippen LogP contribution in [0.3, 0.4) is 0 Å². The van der Waals surface area contributed by atoms with Crippen LogP contribution in [-0.2, 0) is 14.8 Å². The van der Waals surface area contributed by atoms with Gasteiger partial charge in [0, 0.05) is 26.7 Å². The number of benzene rings is 1. The minimum atomic E-state index is -3.75. The van der Waals surface area contributed by atoms with Gasteiger partial charge >= 0.3 is 0 Å². The maximum absolute atomic E-state index is 12.2. The number of rotatable bonds is 5. The first kappa shape index (κ1) is 16.1. The van der Waals surface area contributed by atoms with Crippen LogP contribution in [0.1, 0.15) is 10.4 Å². The Morgan fingerprint density at radius 3 is 2.10 bits per heavy atom. The van der Waals surface area contributed by atoms with Gasteiger partial charge in [0.15, 0.2) is 0 Å². The highest BCUT2D eigenvalue weighted by molar-refractivity contribution is 7.89. The number of carbonyl (C=O) groups excluding carboxylic acids is 2. The van der Waals surface area contributed by atoms with Crippen molar-refractivity contribution in [3.8, 4) is 0 Å². The van der Waals surface area contributed by atoms with Crippen LogP contribution in [-0.4, -0.2) is 52.2 Å². The van der Waals surface area contributed by atoms with E-state index in [1.165, 1.54) is 45.4 Å². The van der Waals surface area contributed by atoms with Crippen LogP contribution in [0.25, 0.3) is 0 Å². The van der Waals surface area contributed by atoms with Gasteiger partial charge in [-0.15, -0.1) is 0 Å². The molecule has 0 heterocycles. The molecule has 0 unspecified atom stereocenters. The molecule has 0 bridgehead atoms. The quantitative estimate of drug-likeness (QED) is 0.760. The smallest absolute Gasteiger partial charge is 0.251 e. The number of hydrogen-bond donors (Lipinski definition) is 2. The summed E-state index contributed by atoms with van der Waals surface area (Å²) in [5.41, 5.74) is 0.361. The molecule has 2 N–H and O–H groups in total. The Labute approximate surface area is 118 Å². The van der Waals surface area contributed by atoms with E-state index in [1.807, 2.05) is 0 Å². The molecule has 20 heavy (non-hydrogen) atoms. The van der Waals surface area contributed by atoms with Crippen molar-refractivity contribution in [1.82, 2.24) is 14.9 Å². The summed E-state index contributed by atoms with van der Waals surface area (Å²) in [5, 5.41) is 4.80. The van der Waals surface area contributed by atoms with Crippen molar-refractivity contribution in [2.75, 3.05) is 27.7 Å². The lowest BCUT2D eigenvalue weighted by Crippen LogP contribution is -2.36. The first-order valence-corrected chi connectivity index (χ1v) is 7.26.